The van der Waals surface area contributed by atoms with Crippen LogP contribution in [-0.2, 0) is 0 Å². The van der Waals surface area contributed by atoms with Gasteiger partial charge in [-0.2, -0.15) is 5.26 Å². The standard InChI is InChI=1S/C10H18N2O/c1-9-8-12(6-3-2-5-11)7-4-10(9)13/h9-10,13H,2-4,6-8H2,1H3. The molecule has 2 atom stereocenters. The van der Waals surface area contributed by atoms with Gasteiger partial charge in [-0.25, -0.2) is 0 Å². The Bertz CT molecular complexity index is 188. The van der Waals surface area contributed by atoms with E-state index in [1.807, 2.05) is 0 Å². The van der Waals surface area contributed by atoms with Crippen LogP contribution in [0.15, 0.2) is 0 Å². The van der Waals surface area contributed by atoms with Crippen molar-refractivity contribution in [3.63, 3.8) is 0 Å². The Kier molecular flexibility index (Phi) is 4.20. The number of aliphatic hydroxyl groups is 1. The van der Waals surface area contributed by atoms with Crippen LogP contribution in [0.5, 0.6) is 0 Å². The number of likely N-dealkylation sites (tertiary alicyclic amines) is 1. The zero-order chi connectivity index (χ0) is 9.68. The average molecular weight is 182 g/mol. The summed E-state index contributed by atoms with van der Waals surface area (Å²) < 4.78 is 0. The minimum Gasteiger partial charge on any atom is -0.393 e. The molecule has 0 aromatic heterocycles. The van der Waals surface area contributed by atoms with Crippen molar-refractivity contribution in [2.75, 3.05) is 19.6 Å². The summed E-state index contributed by atoms with van der Waals surface area (Å²) in [4.78, 5) is 2.34. The van der Waals surface area contributed by atoms with Gasteiger partial charge in [0, 0.05) is 19.5 Å². The van der Waals surface area contributed by atoms with Crippen molar-refractivity contribution < 1.29 is 5.11 Å². The number of piperidine rings is 1. The molecule has 0 aromatic carbocycles. The van der Waals surface area contributed by atoms with E-state index in [0.717, 1.165) is 32.5 Å². The third-order valence-corrected chi connectivity index (χ3v) is 2.71. The summed E-state index contributed by atoms with van der Waals surface area (Å²) >= 11 is 0. The van der Waals surface area contributed by atoms with E-state index in [2.05, 4.69) is 17.9 Å². The highest BCUT2D eigenvalue weighted by molar-refractivity contribution is 4.78. The molecule has 1 heterocycles. The highest BCUT2D eigenvalue weighted by Gasteiger charge is 2.23. The van der Waals surface area contributed by atoms with E-state index < -0.39 is 0 Å². The van der Waals surface area contributed by atoms with Crippen molar-refractivity contribution in [1.82, 2.24) is 4.90 Å². The van der Waals surface area contributed by atoms with Crippen molar-refractivity contribution >= 4 is 0 Å². The maximum Gasteiger partial charge on any atom is 0.0622 e. The minimum absolute atomic E-state index is 0.118. The summed E-state index contributed by atoms with van der Waals surface area (Å²) in [6.07, 6.45) is 2.37. The Labute approximate surface area is 80.0 Å². The second-order valence-electron chi connectivity index (χ2n) is 3.90. The van der Waals surface area contributed by atoms with Crippen LogP contribution in [0.3, 0.4) is 0 Å². The molecule has 0 spiro atoms. The van der Waals surface area contributed by atoms with Crippen molar-refractivity contribution in [3.8, 4) is 6.07 Å². The molecule has 0 amide bonds. The van der Waals surface area contributed by atoms with Gasteiger partial charge in [0.2, 0.25) is 0 Å². The molecule has 74 valence electrons. The molecule has 2 unspecified atom stereocenters. The van der Waals surface area contributed by atoms with Crippen LogP contribution in [0.25, 0.3) is 0 Å². The van der Waals surface area contributed by atoms with E-state index in [1.54, 1.807) is 0 Å². The maximum atomic E-state index is 9.49. The molecule has 0 aliphatic carbocycles. The van der Waals surface area contributed by atoms with Crippen LogP contribution in [-0.4, -0.2) is 35.7 Å². The molecule has 1 aliphatic heterocycles. The van der Waals surface area contributed by atoms with Gasteiger partial charge in [0.1, 0.15) is 0 Å². The second-order valence-corrected chi connectivity index (χ2v) is 3.90. The first kappa shape index (κ1) is 10.5. The number of rotatable bonds is 3. The zero-order valence-electron chi connectivity index (χ0n) is 8.24. The quantitative estimate of drug-likeness (QED) is 0.662. The van der Waals surface area contributed by atoms with E-state index in [0.29, 0.717) is 12.3 Å². The lowest BCUT2D eigenvalue weighted by molar-refractivity contribution is 0.0349. The number of hydrogen-bond acceptors (Lipinski definition) is 3. The van der Waals surface area contributed by atoms with E-state index in [-0.39, 0.29) is 6.10 Å². The zero-order valence-corrected chi connectivity index (χ0v) is 8.24. The molecule has 1 rings (SSSR count). The molecular weight excluding hydrogens is 164 g/mol. The molecule has 1 N–H and O–H groups in total. The van der Waals surface area contributed by atoms with Crippen LogP contribution in [0.2, 0.25) is 0 Å². The number of hydrogen-bond donors (Lipinski definition) is 1. The summed E-state index contributed by atoms with van der Waals surface area (Å²) in [5.74, 6) is 0.385. The van der Waals surface area contributed by atoms with Gasteiger partial charge in [-0.3, -0.25) is 0 Å². The largest absolute Gasteiger partial charge is 0.393 e. The predicted molar refractivity (Wildman–Crippen MR) is 51.1 cm³/mol. The van der Waals surface area contributed by atoms with Crippen molar-refractivity contribution in [2.24, 2.45) is 5.92 Å². The molecule has 1 saturated heterocycles. The smallest absolute Gasteiger partial charge is 0.0622 e. The summed E-state index contributed by atoms with van der Waals surface area (Å²) in [5.41, 5.74) is 0. The lowest BCUT2D eigenvalue weighted by Gasteiger charge is -2.34. The van der Waals surface area contributed by atoms with Gasteiger partial charge in [0.05, 0.1) is 12.2 Å². The van der Waals surface area contributed by atoms with Crippen LogP contribution >= 0.6 is 0 Å². The Morgan fingerprint density at radius 2 is 2.38 bits per heavy atom. The van der Waals surface area contributed by atoms with Crippen LogP contribution in [0.1, 0.15) is 26.2 Å². The molecular formula is C10H18N2O. The van der Waals surface area contributed by atoms with Crippen molar-refractivity contribution in [3.05, 3.63) is 0 Å². The molecule has 0 saturated carbocycles. The summed E-state index contributed by atoms with van der Waals surface area (Å²) in [5, 5.41) is 17.9. The first-order valence-corrected chi connectivity index (χ1v) is 5.01. The fourth-order valence-electron chi connectivity index (χ4n) is 1.80. The van der Waals surface area contributed by atoms with Crippen LogP contribution < -0.4 is 0 Å². The Hall–Kier alpha value is -0.590. The highest BCUT2D eigenvalue weighted by atomic mass is 16.3. The van der Waals surface area contributed by atoms with Gasteiger partial charge in [-0.1, -0.05) is 6.92 Å². The van der Waals surface area contributed by atoms with Gasteiger partial charge in [0.15, 0.2) is 0 Å². The highest BCUT2D eigenvalue weighted by Crippen LogP contribution is 2.16. The molecule has 13 heavy (non-hydrogen) atoms. The van der Waals surface area contributed by atoms with Crippen LogP contribution in [0, 0.1) is 17.2 Å². The number of aliphatic hydroxyl groups excluding tert-OH is 1. The fourth-order valence-corrected chi connectivity index (χ4v) is 1.80. The van der Waals surface area contributed by atoms with Crippen molar-refractivity contribution in [1.29, 1.82) is 5.26 Å². The molecule has 0 bridgehead atoms. The second kappa shape index (κ2) is 5.21. The molecule has 3 nitrogen and oxygen atoms in total. The summed E-state index contributed by atoms with van der Waals surface area (Å²) in [6.45, 7) is 5.05. The topological polar surface area (TPSA) is 47.3 Å². The molecule has 0 aromatic rings. The minimum atomic E-state index is -0.118. The molecule has 3 heteroatoms. The first-order chi connectivity index (χ1) is 6.24. The Balaban J connectivity index is 2.18. The lowest BCUT2D eigenvalue weighted by Crippen LogP contribution is -2.42. The predicted octanol–water partition coefficient (Wildman–Crippen LogP) is 0.993. The molecule has 1 fully saturated rings. The number of unbranched alkanes of at least 4 members (excludes halogenated alkanes) is 1. The van der Waals surface area contributed by atoms with Crippen LogP contribution in [0.4, 0.5) is 0 Å². The fraction of sp³-hybridized carbons (Fsp3) is 0.900. The summed E-state index contributed by atoms with van der Waals surface area (Å²) in [6, 6.07) is 2.15. The average Bonchev–Trinajstić information content (AvgIpc) is 2.12. The Morgan fingerprint density at radius 1 is 1.62 bits per heavy atom. The van der Waals surface area contributed by atoms with E-state index in [9.17, 15) is 5.11 Å². The van der Waals surface area contributed by atoms with Gasteiger partial charge in [0.25, 0.3) is 0 Å². The summed E-state index contributed by atoms with van der Waals surface area (Å²) in [7, 11) is 0. The normalized spacial score (nSPS) is 29.9. The Morgan fingerprint density at radius 3 is 3.00 bits per heavy atom. The van der Waals surface area contributed by atoms with E-state index in [4.69, 9.17) is 5.26 Å². The monoisotopic (exact) mass is 182 g/mol. The number of nitrogens with zero attached hydrogens (tertiary/aromatic N) is 2. The first-order valence-electron chi connectivity index (χ1n) is 5.01. The van der Waals surface area contributed by atoms with Crippen molar-refractivity contribution in [2.45, 2.75) is 32.3 Å². The molecule has 0 radical (unpaired) electrons. The molecule has 1 aliphatic rings. The third kappa shape index (κ3) is 3.33. The van der Waals surface area contributed by atoms with Gasteiger partial charge in [-0.15, -0.1) is 0 Å². The lowest BCUT2D eigenvalue weighted by atomic mass is 9.97. The number of nitriles is 1. The van der Waals surface area contributed by atoms with Gasteiger partial charge in [-0.05, 0) is 25.3 Å². The maximum absolute atomic E-state index is 9.49. The van der Waals surface area contributed by atoms with E-state index >= 15 is 0 Å². The van der Waals surface area contributed by atoms with Gasteiger partial charge < -0.3 is 10.0 Å². The third-order valence-electron chi connectivity index (χ3n) is 2.71. The van der Waals surface area contributed by atoms with E-state index in [1.165, 1.54) is 0 Å². The SMILES string of the molecule is CC1CN(CCCC#N)CCC1O. The van der Waals surface area contributed by atoms with Gasteiger partial charge >= 0.3 is 0 Å².